The van der Waals surface area contributed by atoms with Gasteiger partial charge in [-0.05, 0) is 41.5 Å². The summed E-state index contributed by atoms with van der Waals surface area (Å²) >= 11 is 5.01. The second-order valence-corrected chi connectivity index (χ2v) is 6.00. The van der Waals surface area contributed by atoms with E-state index in [4.69, 9.17) is 0 Å². The molecule has 1 aromatic rings. The minimum atomic E-state index is -0.0714. The Kier molecular flexibility index (Phi) is 8.86. The van der Waals surface area contributed by atoms with Crippen molar-refractivity contribution in [2.24, 2.45) is 0 Å². The summed E-state index contributed by atoms with van der Waals surface area (Å²) in [5, 5.41) is 6.08. The summed E-state index contributed by atoms with van der Waals surface area (Å²) in [5.74, 6) is 0.0187. The van der Waals surface area contributed by atoms with E-state index in [0.29, 0.717) is 6.54 Å². The molecule has 0 saturated carbocycles. The van der Waals surface area contributed by atoms with Crippen molar-refractivity contribution in [1.82, 2.24) is 10.6 Å². The zero-order valence-corrected chi connectivity index (χ0v) is 13.2. The molecule has 17 heavy (non-hydrogen) atoms. The van der Waals surface area contributed by atoms with E-state index in [0.717, 1.165) is 21.8 Å². The first-order valence-corrected chi connectivity index (χ1v) is 6.99. The van der Waals surface area contributed by atoms with Gasteiger partial charge in [0.15, 0.2) is 0 Å². The van der Waals surface area contributed by atoms with Gasteiger partial charge in [-0.25, -0.2) is 0 Å². The Morgan fingerprint density at radius 3 is 2.71 bits per heavy atom. The predicted octanol–water partition coefficient (Wildman–Crippen LogP) is 2.76. The Hall–Kier alpha value is -0.100. The Bertz CT molecular complexity index is 346. The van der Waals surface area contributed by atoms with Crippen LogP contribution >= 0.6 is 39.7 Å². The Balaban J connectivity index is 0.00000256. The van der Waals surface area contributed by atoms with Gasteiger partial charge in [0.1, 0.15) is 0 Å². The van der Waals surface area contributed by atoms with E-state index in [1.165, 1.54) is 0 Å². The molecule has 98 valence electrons. The monoisotopic (exact) mass is 340 g/mol. The number of likely N-dealkylation sites (N-methyl/N-ethyl adjacent to an activating group) is 1. The summed E-state index contributed by atoms with van der Waals surface area (Å²) in [4.78, 5) is 12.9. The molecule has 1 heterocycles. The molecular formula is C11H18BrClN2OS. The summed E-state index contributed by atoms with van der Waals surface area (Å²) < 4.78 is 1.06. The van der Waals surface area contributed by atoms with Gasteiger partial charge in [0.05, 0.1) is 9.70 Å². The minimum absolute atomic E-state index is 0. The lowest BCUT2D eigenvalue weighted by atomic mass is 10.1. The van der Waals surface area contributed by atoms with E-state index >= 15 is 0 Å². The van der Waals surface area contributed by atoms with Gasteiger partial charge in [-0.15, -0.1) is 23.7 Å². The summed E-state index contributed by atoms with van der Waals surface area (Å²) in [6.45, 7) is 6.42. The molecule has 3 nitrogen and oxygen atoms in total. The highest BCUT2D eigenvalue weighted by Crippen LogP contribution is 2.28. The number of amides is 1. The maximum Gasteiger partial charge on any atom is 0.228 e. The molecule has 1 aromatic heterocycles. The zero-order valence-electron chi connectivity index (χ0n) is 9.96. The fourth-order valence-electron chi connectivity index (χ4n) is 1.29. The number of hydrogen-bond acceptors (Lipinski definition) is 3. The Labute approximate surface area is 121 Å². The largest absolute Gasteiger partial charge is 0.354 e. The van der Waals surface area contributed by atoms with Crippen LogP contribution in [0.15, 0.2) is 15.9 Å². The fourth-order valence-corrected chi connectivity index (χ4v) is 2.77. The van der Waals surface area contributed by atoms with Gasteiger partial charge in [0.2, 0.25) is 5.91 Å². The molecular weight excluding hydrogens is 324 g/mol. The van der Waals surface area contributed by atoms with Crippen LogP contribution in [-0.4, -0.2) is 25.5 Å². The molecule has 1 amide bonds. The van der Waals surface area contributed by atoms with Gasteiger partial charge in [-0.3, -0.25) is 4.79 Å². The van der Waals surface area contributed by atoms with Crippen LogP contribution in [0.5, 0.6) is 0 Å². The van der Waals surface area contributed by atoms with Gasteiger partial charge in [0.25, 0.3) is 0 Å². The number of halogens is 2. The number of carbonyl (C=O) groups excluding carboxylic acids is 1. The second-order valence-electron chi connectivity index (χ2n) is 3.51. The second kappa shape index (κ2) is 8.91. The van der Waals surface area contributed by atoms with Crippen LogP contribution in [-0.2, 0) is 4.79 Å². The molecule has 1 atom stereocenters. The smallest absolute Gasteiger partial charge is 0.228 e. The molecule has 0 aromatic carbocycles. The summed E-state index contributed by atoms with van der Waals surface area (Å²) in [6.07, 6.45) is 0. The average molecular weight is 342 g/mol. The standard InChI is InChI=1S/C11H17BrN2OS.ClH/c1-3-13-6-7-14-11(15)8(2)9-4-5-10(12)16-9;/h4-5,8,13H,3,6-7H2,1-2H3,(H,14,15);1H. The molecule has 0 aliphatic rings. The van der Waals surface area contributed by atoms with Gasteiger partial charge in [-0.2, -0.15) is 0 Å². The first-order chi connectivity index (χ1) is 7.65. The molecule has 6 heteroatoms. The van der Waals surface area contributed by atoms with Crippen LogP contribution in [0, 0.1) is 0 Å². The molecule has 0 spiro atoms. The molecule has 0 fully saturated rings. The predicted molar refractivity (Wildman–Crippen MR) is 79.2 cm³/mol. The van der Waals surface area contributed by atoms with Crippen LogP contribution in [0.3, 0.4) is 0 Å². The first kappa shape index (κ1) is 16.9. The Morgan fingerprint density at radius 1 is 1.47 bits per heavy atom. The highest BCUT2D eigenvalue weighted by atomic mass is 79.9. The van der Waals surface area contributed by atoms with E-state index in [1.807, 2.05) is 26.0 Å². The fraction of sp³-hybridized carbons (Fsp3) is 0.545. The van der Waals surface area contributed by atoms with Crippen molar-refractivity contribution in [3.05, 3.63) is 20.8 Å². The third kappa shape index (κ3) is 5.86. The molecule has 1 rings (SSSR count). The van der Waals surface area contributed by atoms with Crippen molar-refractivity contribution >= 4 is 45.6 Å². The molecule has 0 radical (unpaired) electrons. The summed E-state index contributed by atoms with van der Waals surface area (Å²) in [5.41, 5.74) is 0. The van der Waals surface area contributed by atoms with Crippen LogP contribution in [0.1, 0.15) is 24.6 Å². The average Bonchev–Trinajstić information content (AvgIpc) is 2.70. The van der Waals surface area contributed by atoms with Gasteiger partial charge in [-0.1, -0.05) is 6.92 Å². The molecule has 1 unspecified atom stereocenters. The normalized spacial score (nSPS) is 11.7. The van der Waals surface area contributed by atoms with Crippen molar-refractivity contribution in [3.8, 4) is 0 Å². The SMILES string of the molecule is CCNCCNC(=O)C(C)c1ccc(Br)s1.Cl. The first-order valence-electron chi connectivity index (χ1n) is 5.38. The van der Waals surface area contributed by atoms with Crippen molar-refractivity contribution in [2.75, 3.05) is 19.6 Å². The molecule has 2 N–H and O–H groups in total. The van der Waals surface area contributed by atoms with E-state index in [1.54, 1.807) is 11.3 Å². The van der Waals surface area contributed by atoms with Crippen molar-refractivity contribution in [1.29, 1.82) is 0 Å². The molecule has 0 bridgehead atoms. The third-order valence-corrected chi connectivity index (χ3v) is 4.07. The van der Waals surface area contributed by atoms with E-state index in [-0.39, 0.29) is 24.2 Å². The number of hydrogen-bond donors (Lipinski definition) is 2. The van der Waals surface area contributed by atoms with Crippen molar-refractivity contribution in [2.45, 2.75) is 19.8 Å². The molecule has 0 aliphatic carbocycles. The highest BCUT2D eigenvalue weighted by Gasteiger charge is 2.16. The quantitative estimate of drug-likeness (QED) is 0.781. The highest BCUT2D eigenvalue weighted by molar-refractivity contribution is 9.11. The van der Waals surface area contributed by atoms with E-state index < -0.39 is 0 Å². The maximum absolute atomic E-state index is 11.8. The van der Waals surface area contributed by atoms with E-state index in [9.17, 15) is 4.79 Å². The third-order valence-electron chi connectivity index (χ3n) is 2.27. The maximum atomic E-state index is 11.8. The lowest BCUT2D eigenvalue weighted by Gasteiger charge is -2.10. The van der Waals surface area contributed by atoms with Gasteiger partial charge >= 0.3 is 0 Å². The number of thiophene rings is 1. The van der Waals surface area contributed by atoms with E-state index in [2.05, 4.69) is 26.6 Å². The lowest BCUT2D eigenvalue weighted by Crippen LogP contribution is -2.34. The van der Waals surface area contributed by atoms with Crippen LogP contribution < -0.4 is 10.6 Å². The lowest BCUT2D eigenvalue weighted by molar-refractivity contribution is -0.122. The Morgan fingerprint density at radius 2 is 2.18 bits per heavy atom. The van der Waals surface area contributed by atoms with Gasteiger partial charge < -0.3 is 10.6 Å². The topological polar surface area (TPSA) is 41.1 Å². The van der Waals surface area contributed by atoms with Gasteiger partial charge in [0, 0.05) is 18.0 Å². The summed E-state index contributed by atoms with van der Waals surface area (Å²) in [7, 11) is 0. The number of rotatable bonds is 6. The van der Waals surface area contributed by atoms with Crippen molar-refractivity contribution in [3.63, 3.8) is 0 Å². The van der Waals surface area contributed by atoms with Crippen LogP contribution in [0.25, 0.3) is 0 Å². The number of nitrogens with one attached hydrogen (secondary N) is 2. The summed E-state index contributed by atoms with van der Waals surface area (Å²) in [6, 6.07) is 3.96. The van der Waals surface area contributed by atoms with Crippen LogP contribution in [0.4, 0.5) is 0 Å². The zero-order chi connectivity index (χ0) is 12.0. The molecule has 0 aliphatic heterocycles. The number of carbonyl (C=O) groups is 1. The minimum Gasteiger partial charge on any atom is -0.354 e. The molecule has 0 saturated heterocycles. The van der Waals surface area contributed by atoms with Crippen LogP contribution in [0.2, 0.25) is 0 Å². The van der Waals surface area contributed by atoms with Crippen molar-refractivity contribution < 1.29 is 4.79 Å².